The average molecular weight is 414 g/mol. The molecule has 2 heterocycles. The van der Waals surface area contributed by atoms with Gasteiger partial charge in [0.05, 0.1) is 6.33 Å². The van der Waals surface area contributed by atoms with E-state index in [0.29, 0.717) is 20.7 Å². The molecule has 1 N–H and O–H groups in total. The number of imidazole rings is 1. The summed E-state index contributed by atoms with van der Waals surface area (Å²) in [7, 11) is 0. The number of hydrogen-bond acceptors (Lipinski definition) is 4. The standard InChI is InChI=1S/C14H13ClIN5/c1-8(2)21-7-17-11-12(19-14(16)20-13(11)21)18-10-5-3-4-9(15)6-10/h3-8H,1-2H3,(H,18,19,20). The summed E-state index contributed by atoms with van der Waals surface area (Å²) in [5.74, 6) is 0.686. The number of aromatic nitrogens is 4. The smallest absolute Gasteiger partial charge is 0.194 e. The lowest BCUT2D eigenvalue weighted by atomic mass is 10.3. The van der Waals surface area contributed by atoms with Crippen molar-refractivity contribution in [3.8, 4) is 0 Å². The molecule has 0 saturated carbocycles. The van der Waals surface area contributed by atoms with Crippen molar-refractivity contribution in [2.45, 2.75) is 19.9 Å². The van der Waals surface area contributed by atoms with Crippen molar-refractivity contribution in [2.24, 2.45) is 0 Å². The number of rotatable bonds is 3. The van der Waals surface area contributed by atoms with E-state index in [9.17, 15) is 0 Å². The van der Waals surface area contributed by atoms with Crippen LogP contribution in [0.2, 0.25) is 5.02 Å². The Balaban J connectivity index is 2.10. The molecule has 1 aromatic carbocycles. The summed E-state index contributed by atoms with van der Waals surface area (Å²) in [5.41, 5.74) is 2.45. The molecule has 7 heteroatoms. The summed E-state index contributed by atoms with van der Waals surface area (Å²) in [4.78, 5) is 13.4. The Kier molecular flexibility index (Phi) is 3.99. The second-order valence-electron chi connectivity index (χ2n) is 4.89. The summed E-state index contributed by atoms with van der Waals surface area (Å²) in [6.45, 7) is 4.19. The van der Waals surface area contributed by atoms with E-state index in [-0.39, 0.29) is 0 Å². The third-order valence-corrected chi connectivity index (χ3v) is 3.76. The highest BCUT2D eigenvalue weighted by atomic mass is 127. The molecule has 0 unspecified atom stereocenters. The van der Waals surface area contributed by atoms with Gasteiger partial charge in [0.15, 0.2) is 20.8 Å². The van der Waals surface area contributed by atoms with Crippen molar-refractivity contribution in [3.63, 3.8) is 0 Å². The van der Waals surface area contributed by atoms with Gasteiger partial charge in [0.25, 0.3) is 0 Å². The van der Waals surface area contributed by atoms with Crippen LogP contribution in [0.5, 0.6) is 0 Å². The fourth-order valence-corrected chi connectivity index (χ4v) is 2.72. The van der Waals surface area contributed by atoms with E-state index >= 15 is 0 Å². The highest BCUT2D eigenvalue weighted by Gasteiger charge is 2.14. The number of halogens is 2. The zero-order valence-electron chi connectivity index (χ0n) is 11.5. The maximum Gasteiger partial charge on any atom is 0.194 e. The highest BCUT2D eigenvalue weighted by molar-refractivity contribution is 14.1. The van der Waals surface area contributed by atoms with Crippen molar-refractivity contribution in [1.29, 1.82) is 0 Å². The maximum absolute atomic E-state index is 6.01. The number of anilines is 2. The van der Waals surface area contributed by atoms with Crippen LogP contribution in [-0.4, -0.2) is 19.5 Å². The molecule has 5 nitrogen and oxygen atoms in total. The normalized spacial score (nSPS) is 11.3. The molecule has 0 spiro atoms. The Hall–Kier alpha value is -1.41. The van der Waals surface area contributed by atoms with E-state index in [0.717, 1.165) is 16.9 Å². The minimum absolute atomic E-state index is 0.291. The molecule has 0 aliphatic carbocycles. The van der Waals surface area contributed by atoms with Crippen molar-refractivity contribution in [2.75, 3.05) is 5.32 Å². The largest absolute Gasteiger partial charge is 0.338 e. The zero-order valence-corrected chi connectivity index (χ0v) is 14.4. The van der Waals surface area contributed by atoms with Crippen LogP contribution >= 0.6 is 34.2 Å². The van der Waals surface area contributed by atoms with Gasteiger partial charge in [-0.15, -0.1) is 0 Å². The van der Waals surface area contributed by atoms with Crippen molar-refractivity contribution < 1.29 is 0 Å². The molecule has 0 aliphatic heterocycles. The number of benzene rings is 1. The third-order valence-electron chi connectivity index (χ3n) is 3.04. The predicted octanol–water partition coefficient (Wildman–Crippen LogP) is 4.41. The van der Waals surface area contributed by atoms with Crippen LogP contribution in [0.1, 0.15) is 19.9 Å². The second-order valence-corrected chi connectivity index (χ2v) is 6.30. The van der Waals surface area contributed by atoms with Crippen LogP contribution in [0.3, 0.4) is 0 Å². The van der Waals surface area contributed by atoms with E-state index in [4.69, 9.17) is 11.6 Å². The molecule has 0 amide bonds. The number of fused-ring (bicyclic) bond motifs is 1. The topological polar surface area (TPSA) is 55.6 Å². The molecule has 108 valence electrons. The molecule has 0 fully saturated rings. The summed E-state index contributed by atoms with van der Waals surface area (Å²) in [5, 5.41) is 3.94. The molecule has 2 aromatic heterocycles. The molecule has 0 atom stereocenters. The first-order valence-corrected chi connectivity index (χ1v) is 7.93. The molecule has 21 heavy (non-hydrogen) atoms. The van der Waals surface area contributed by atoms with Crippen molar-refractivity contribution in [1.82, 2.24) is 19.5 Å². The summed E-state index contributed by atoms with van der Waals surface area (Å²) in [6.07, 6.45) is 1.79. The van der Waals surface area contributed by atoms with Crippen LogP contribution in [0.15, 0.2) is 30.6 Å². The van der Waals surface area contributed by atoms with Gasteiger partial charge in [0.2, 0.25) is 0 Å². The first-order valence-electron chi connectivity index (χ1n) is 6.47. The SMILES string of the molecule is CC(C)n1cnc2c(Nc3cccc(Cl)c3)nc(I)nc21. The van der Waals surface area contributed by atoms with Gasteiger partial charge in [-0.25, -0.2) is 15.0 Å². The molecule has 0 saturated heterocycles. The summed E-state index contributed by atoms with van der Waals surface area (Å²) >= 11 is 8.12. The van der Waals surface area contributed by atoms with E-state index in [2.05, 4.69) is 56.7 Å². The lowest BCUT2D eigenvalue weighted by Crippen LogP contribution is -2.03. The van der Waals surface area contributed by atoms with Crippen molar-refractivity contribution >= 4 is 56.9 Å². The van der Waals surface area contributed by atoms with Gasteiger partial charge in [0.1, 0.15) is 0 Å². The third kappa shape index (κ3) is 2.96. The van der Waals surface area contributed by atoms with Gasteiger partial charge in [-0.05, 0) is 32.0 Å². The van der Waals surface area contributed by atoms with Crippen molar-refractivity contribution in [3.05, 3.63) is 39.4 Å². The van der Waals surface area contributed by atoms with Gasteiger partial charge in [0, 0.05) is 39.3 Å². The molecular formula is C14H13ClIN5. The van der Waals surface area contributed by atoms with Crippen LogP contribution in [-0.2, 0) is 0 Å². The van der Waals surface area contributed by atoms with Crippen LogP contribution < -0.4 is 5.32 Å². The molecule has 3 aromatic rings. The fourth-order valence-electron chi connectivity index (χ4n) is 2.06. The maximum atomic E-state index is 6.01. The Bertz CT molecular complexity index is 799. The van der Waals surface area contributed by atoms with E-state index < -0.39 is 0 Å². The van der Waals surface area contributed by atoms with Gasteiger partial charge >= 0.3 is 0 Å². The molecular weight excluding hydrogens is 401 g/mol. The van der Waals surface area contributed by atoms with Gasteiger partial charge in [-0.1, -0.05) is 17.7 Å². The fraction of sp³-hybridized carbons (Fsp3) is 0.214. The molecule has 0 radical (unpaired) electrons. The van der Waals surface area contributed by atoms with E-state index in [1.165, 1.54) is 0 Å². The first-order chi connectivity index (χ1) is 10.0. The Labute approximate surface area is 140 Å². The minimum Gasteiger partial charge on any atom is -0.338 e. The van der Waals surface area contributed by atoms with Gasteiger partial charge < -0.3 is 9.88 Å². The monoisotopic (exact) mass is 413 g/mol. The number of nitrogens with one attached hydrogen (secondary N) is 1. The Morgan fingerprint density at radius 1 is 1.29 bits per heavy atom. The molecule has 0 bridgehead atoms. The van der Waals surface area contributed by atoms with Crippen LogP contribution in [0, 0.1) is 3.83 Å². The minimum atomic E-state index is 0.291. The molecule has 0 aliphatic rings. The highest BCUT2D eigenvalue weighted by Crippen LogP contribution is 2.26. The van der Waals surface area contributed by atoms with Gasteiger partial charge in [-0.3, -0.25) is 0 Å². The number of nitrogens with zero attached hydrogens (tertiary/aromatic N) is 4. The lowest BCUT2D eigenvalue weighted by Gasteiger charge is -2.09. The molecule has 3 rings (SSSR count). The second kappa shape index (κ2) is 5.76. The zero-order chi connectivity index (χ0) is 15.0. The lowest BCUT2D eigenvalue weighted by molar-refractivity contribution is 0.612. The van der Waals surface area contributed by atoms with Crippen LogP contribution in [0.25, 0.3) is 11.2 Å². The predicted molar refractivity (Wildman–Crippen MR) is 93.2 cm³/mol. The van der Waals surface area contributed by atoms with Crippen LogP contribution in [0.4, 0.5) is 11.5 Å². The number of hydrogen-bond donors (Lipinski definition) is 1. The summed E-state index contributed by atoms with van der Waals surface area (Å²) < 4.78 is 2.70. The average Bonchev–Trinajstić information content (AvgIpc) is 2.82. The first kappa shape index (κ1) is 14.5. The summed E-state index contributed by atoms with van der Waals surface area (Å²) in [6, 6.07) is 7.80. The Morgan fingerprint density at radius 3 is 2.81 bits per heavy atom. The van der Waals surface area contributed by atoms with E-state index in [1.807, 2.05) is 28.8 Å². The quantitative estimate of drug-likeness (QED) is 0.510. The Morgan fingerprint density at radius 2 is 2.10 bits per heavy atom. The van der Waals surface area contributed by atoms with E-state index in [1.54, 1.807) is 6.33 Å². The van der Waals surface area contributed by atoms with Gasteiger partial charge in [-0.2, -0.15) is 0 Å².